The fourth-order valence-corrected chi connectivity index (χ4v) is 4.08. The third kappa shape index (κ3) is 8.12. The summed E-state index contributed by atoms with van der Waals surface area (Å²) in [6.45, 7) is 6.82. The molecule has 1 heterocycles. The van der Waals surface area contributed by atoms with E-state index in [1.54, 1.807) is 6.07 Å². The molecule has 3 atom stereocenters. The van der Waals surface area contributed by atoms with Crippen LogP contribution in [0, 0.1) is 11.8 Å². The average molecular weight is 492 g/mol. The maximum Gasteiger partial charge on any atom is 0.358 e. The zero-order valence-electron chi connectivity index (χ0n) is 21.4. The number of hydrogen-bond acceptors (Lipinski definition) is 6. The molecule has 7 nitrogen and oxygen atoms in total. The fraction of sp³-hybridized carbons (Fsp3) is 0.448. The molecule has 0 aliphatic carbocycles. The number of hydrogen-bond donors (Lipinski definition) is 2. The second-order valence-corrected chi connectivity index (χ2v) is 9.64. The fourth-order valence-electron chi connectivity index (χ4n) is 4.08. The first kappa shape index (κ1) is 27.3. The number of aliphatic hydroxyl groups is 1. The van der Waals surface area contributed by atoms with Crippen molar-refractivity contribution in [3.63, 3.8) is 0 Å². The highest BCUT2D eigenvalue weighted by Gasteiger charge is 2.30. The number of rotatable bonds is 13. The van der Waals surface area contributed by atoms with Crippen LogP contribution in [0.2, 0.25) is 0 Å². The molecule has 0 bridgehead atoms. The number of para-hydroxylation sites is 2. The Morgan fingerprint density at radius 2 is 1.69 bits per heavy atom. The van der Waals surface area contributed by atoms with Gasteiger partial charge in [-0.25, -0.2) is 9.78 Å². The Labute approximate surface area is 213 Å². The summed E-state index contributed by atoms with van der Waals surface area (Å²) in [6, 6.07) is 16.8. The van der Waals surface area contributed by atoms with Gasteiger partial charge in [0.05, 0.1) is 23.3 Å². The highest BCUT2D eigenvalue weighted by atomic mass is 16.6. The maximum absolute atomic E-state index is 13.1. The van der Waals surface area contributed by atoms with Gasteiger partial charge < -0.3 is 15.2 Å². The minimum atomic E-state index is -1.02. The Kier molecular flexibility index (Phi) is 10.4. The van der Waals surface area contributed by atoms with Crippen molar-refractivity contribution in [2.45, 2.75) is 65.1 Å². The minimum Gasteiger partial charge on any atom is -0.454 e. The van der Waals surface area contributed by atoms with Crippen molar-refractivity contribution in [3.05, 3.63) is 72.1 Å². The monoisotopic (exact) mass is 491 g/mol. The predicted molar refractivity (Wildman–Crippen MR) is 140 cm³/mol. The molecule has 0 saturated heterocycles. The van der Waals surface area contributed by atoms with Crippen LogP contribution >= 0.6 is 0 Å². The van der Waals surface area contributed by atoms with Gasteiger partial charge in [0.15, 0.2) is 5.69 Å². The molecular weight excluding hydrogens is 454 g/mol. The van der Waals surface area contributed by atoms with Crippen molar-refractivity contribution < 1.29 is 19.4 Å². The number of aliphatic hydroxyl groups excluding tert-OH is 1. The third-order valence-electron chi connectivity index (χ3n) is 6.16. The Morgan fingerprint density at radius 1 is 1.00 bits per heavy atom. The number of carbonyl (C=O) groups is 2. The van der Waals surface area contributed by atoms with Gasteiger partial charge in [-0.2, -0.15) is 0 Å². The lowest BCUT2D eigenvalue weighted by atomic mass is 9.89. The number of ether oxygens (including phenoxy) is 1. The molecule has 2 aromatic carbocycles. The first-order valence-electron chi connectivity index (χ1n) is 12.8. The molecule has 1 aromatic heterocycles. The minimum absolute atomic E-state index is 0.0678. The summed E-state index contributed by atoms with van der Waals surface area (Å²) in [4.78, 5) is 34.6. The van der Waals surface area contributed by atoms with E-state index in [1.807, 2.05) is 55.5 Å². The summed E-state index contributed by atoms with van der Waals surface area (Å²) in [5.41, 5.74) is 2.28. The number of benzene rings is 2. The van der Waals surface area contributed by atoms with Crippen LogP contribution in [0.5, 0.6) is 0 Å². The van der Waals surface area contributed by atoms with Gasteiger partial charge in [-0.3, -0.25) is 9.78 Å². The van der Waals surface area contributed by atoms with Crippen LogP contribution in [0.1, 0.15) is 62.5 Å². The van der Waals surface area contributed by atoms with Gasteiger partial charge in [0, 0.05) is 18.9 Å². The van der Waals surface area contributed by atoms with E-state index < -0.39 is 18.2 Å². The van der Waals surface area contributed by atoms with Crippen molar-refractivity contribution in [2.24, 2.45) is 11.8 Å². The van der Waals surface area contributed by atoms with Crippen molar-refractivity contribution in [3.8, 4) is 0 Å². The van der Waals surface area contributed by atoms with E-state index in [2.05, 4.69) is 29.1 Å². The van der Waals surface area contributed by atoms with E-state index in [-0.39, 0.29) is 23.9 Å². The van der Waals surface area contributed by atoms with Gasteiger partial charge in [-0.05, 0) is 42.9 Å². The molecular formula is C29H37N3O4. The Hall–Kier alpha value is -3.32. The van der Waals surface area contributed by atoms with E-state index in [0.29, 0.717) is 36.3 Å². The summed E-state index contributed by atoms with van der Waals surface area (Å²) in [5.74, 6) is -0.649. The molecule has 0 spiro atoms. The molecule has 3 rings (SSSR count). The van der Waals surface area contributed by atoms with Gasteiger partial charge in [-0.1, -0.05) is 69.7 Å². The summed E-state index contributed by atoms with van der Waals surface area (Å²) in [7, 11) is 0. The summed E-state index contributed by atoms with van der Waals surface area (Å²) in [6.07, 6.45) is 2.42. The van der Waals surface area contributed by atoms with Crippen molar-refractivity contribution in [1.29, 1.82) is 0 Å². The molecule has 0 saturated carbocycles. The number of carbonyl (C=O) groups excluding carboxylic acids is 2. The lowest BCUT2D eigenvalue weighted by molar-refractivity contribution is -0.127. The second-order valence-electron chi connectivity index (χ2n) is 9.64. The molecule has 0 radical (unpaired) electrons. The van der Waals surface area contributed by atoms with Crippen molar-refractivity contribution in [2.75, 3.05) is 6.54 Å². The third-order valence-corrected chi connectivity index (χ3v) is 6.16. The molecule has 0 aliphatic heterocycles. The Morgan fingerprint density at radius 3 is 2.39 bits per heavy atom. The van der Waals surface area contributed by atoms with Gasteiger partial charge in [-0.15, -0.1) is 0 Å². The Balaban J connectivity index is 1.79. The van der Waals surface area contributed by atoms with Crippen LogP contribution in [0.3, 0.4) is 0 Å². The molecule has 0 aliphatic rings. The van der Waals surface area contributed by atoms with Gasteiger partial charge >= 0.3 is 5.97 Å². The number of aromatic nitrogens is 2. The largest absolute Gasteiger partial charge is 0.454 e. The molecule has 2 N–H and O–H groups in total. The Bertz CT molecular complexity index is 1120. The summed E-state index contributed by atoms with van der Waals surface area (Å²) < 4.78 is 5.82. The molecule has 3 aromatic rings. The zero-order chi connectivity index (χ0) is 25.9. The smallest absolute Gasteiger partial charge is 0.358 e. The van der Waals surface area contributed by atoms with E-state index in [4.69, 9.17) is 4.74 Å². The maximum atomic E-state index is 13.1. The number of esters is 1. The van der Waals surface area contributed by atoms with Crippen molar-refractivity contribution >= 4 is 22.9 Å². The van der Waals surface area contributed by atoms with Crippen LogP contribution < -0.4 is 5.32 Å². The van der Waals surface area contributed by atoms with Crippen LogP contribution in [-0.2, 0) is 16.0 Å². The highest BCUT2D eigenvalue weighted by Crippen LogP contribution is 2.23. The highest BCUT2D eigenvalue weighted by molar-refractivity contribution is 5.89. The summed E-state index contributed by atoms with van der Waals surface area (Å²) in [5, 5.41) is 14.2. The normalized spacial score (nSPS) is 13.8. The number of amides is 1. The van der Waals surface area contributed by atoms with E-state index in [1.165, 1.54) is 6.20 Å². The number of nitrogens with zero attached hydrogens (tertiary/aromatic N) is 2. The molecule has 0 unspecified atom stereocenters. The van der Waals surface area contributed by atoms with Gasteiger partial charge in [0.2, 0.25) is 5.91 Å². The standard InChI is InChI=1S/C29H37N3O4/c1-4-16-30-28(34)22(15-14-20(2)3)18-26(33)27(17-21-10-6-5-7-11-21)36-29(35)25-19-31-23-12-8-9-13-24(23)32-25/h5-13,19-20,22,26-27,33H,4,14-18H2,1-3H3,(H,30,34)/t22-,26+,27+/m1/s1. The van der Waals surface area contributed by atoms with Gasteiger partial charge in [0.1, 0.15) is 6.10 Å². The van der Waals surface area contributed by atoms with Gasteiger partial charge in [0.25, 0.3) is 0 Å². The first-order valence-corrected chi connectivity index (χ1v) is 12.8. The quantitative estimate of drug-likeness (QED) is 0.335. The van der Waals surface area contributed by atoms with Crippen LogP contribution in [-0.4, -0.2) is 45.7 Å². The van der Waals surface area contributed by atoms with Crippen LogP contribution in [0.25, 0.3) is 11.0 Å². The van der Waals surface area contributed by atoms with E-state index in [9.17, 15) is 14.7 Å². The molecule has 0 fully saturated rings. The lowest BCUT2D eigenvalue weighted by Gasteiger charge is -2.27. The molecule has 192 valence electrons. The number of nitrogens with one attached hydrogen (secondary N) is 1. The molecule has 1 amide bonds. The lowest BCUT2D eigenvalue weighted by Crippen LogP contribution is -2.39. The first-order chi connectivity index (χ1) is 17.4. The molecule has 7 heteroatoms. The topological polar surface area (TPSA) is 101 Å². The SMILES string of the molecule is CCCNC(=O)[C@H](CCC(C)C)C[C@H](O)[C@H](Cc1ccccc1)OC(=O)c1cnc2ccccc2n1. The van der Waals surface area contributed by atoms with E-state index >= 15 is 0 Å². The van der Waals surface area contributed by atoms with Crippen LogP contribution in [0.15, 0.2) is 60.8 Å². The zero-order valence-corrected chi connectivity index (χ0v) is 21.4. The van der Waals surface area contributed by atoms with Crippen molar-refractivity contribution in [1.82, 2.24) is 15.3 Å². The van der Waals surface area contributed by atoms with Crippen LogP contribution in [0.4, 0.5) is 0 Å². The second kappa shape index (κ2) is 13.7. The van der Waals surface area contributed by atoms with E-state index in [0.717, 1.165) is 18.4 Å². The average Bonchev–Trinajstić information content (AvgIpc) is 2.89. The number of fused-ring (bicyclic) bond motifs is 1. The molecule has 36 heavy (non-hydrogen) atoms. The predicted octanol–water partition coefficient (Wildman–Crippen LogP) is 4.73. The summed E-state index contributed by atoms with van der Waals surface area (Å²) >= 11 is 0.